The van der Waals surface area contributed by atoms with Crippen molar-refractivity contribution in [2.45, 2.75) is 76.2 Å². The molecule has 3 aromatic rings. The van der Waals surface area contributed by atoms with Crippen molar-refractivity contribution in [3.63, 3.8) is 0 Å². The van der Waals surface area contributed by atoms with Crippen molar-refractivity contribution in [2.24, 2.45) is 5.92 Å². The summed E-state index contributed by atoms with van der Waals surface area (Å²) >= 11 is 6.11. The van der Waals surface area contributed by atoms with Crippen LogP contribution in [0.25, 0.3) is 16.6 Å². The van der Waals surface area contributed by atoms with Crippen LogP contribution < -0.4 is 5.32 Å². The predicted molar refractivity (Wildman–Crippen MR) is 130 cm³/mol. The van der Waals surface area contributed by atoms with E-state index in [-0.39, 0.29) is 17.9 Å². The van der Waals surface area contributed by atoms with Gasteiger partial charge in [0.05, 0.1) is 22.8 Å². The van der Waals surface area contributed by atoms with E-state index in [2.05, 4.69) is 10.4 Å². The van der Waals surface area contributed by atoms with E-state index in [1.807, 2.05) is 12.1 Å². The first-order chi connectivity index (χ1) is 16.5. The van der Waals surface area contributed by atoms with E-state index < -0.39 is 17.6 Å². The molecule has 0 bridgehead atoms. The maximum absolute atomic E-state index is 14.4. The van der Waals surface area contributed by atoms with Crippen molar-refractivity contribution in [3.8, 4) is 5.69 Å². The number of fused-ring (bicyclic) bond motifs is 1. The zero-order valence-corrected chi connectivity index (χ0v) is 20.0. The lowest BCUT2D eigenvalue weighted by Crippen LogP contribution is -2.42. The van der Waals surface area contributed by atoms with Gasteiger partial charge in [-0.05, 0) is 61.9 Å². The molecule has 7 heteroatoms. The first kappa shape index (κ1) is 23.3. The summed E-state index contributed by atoms with van der Waals surface area (Å²) < 4.78 is 30.3. The zero-order valence-electron chi connectivity index (χ0n) is 19.2. The Labute approximate surface area is 203 Å². The Morgan fingerprint density at radius 2 is 1.56 bits per heavy atom. The molecule has 1 aromatic heterocycles. The fourth-order valence-electron chi connectivity index (χ4n) is 5.75. The molecule has 2 aliphatic rings. The van der Waals surface area contributed by atoms with Crippen LogP contribution in [0.5, 0.6) is 0 Å². The largest absolute Gasteiger partial charge is 0.353 e. The third kappa shape index (κ3) is 4.70. The van der Waals surface area contributed by atoms with Crippen molar-refractivity contribution in [3.05, 3.63) is 58.7 Å². The highest BCUT2D eigenvalue weighted by Gasteiger charge is 2.37. The average molecular weight is 486 g/mol. The van der Waals surface area contributed by atoms with Crippen LogP contribution in [-0.4, -0.2) is 21.7 Å². The van der Waals surface area contributed by atoms with Crippen molar-refractivity contribution < 1.29 is 13.6 Å². The highest BCUT2D eigenvalue weighted by Crippen LogP contribution is 2.41. The molecule has 180 valence electrons. The van der Waals surface area contributed by atoms with E-state index in [9.17, 15) is 13.6 Å². The Balaban J connectivity index is 1.65. The number of nitrogens with zero attached hydrogens (tertiary/aromatic N) is 2. The van der Waals surface area contributed by atoms with Crippen molar-refractivity contribution in [1.29, 1.82) is 0 Å². The average Bonchev–Trinajstić information content (AvgIpc) is 3.19. The molecule has 1 unspecified atom stereocenters. The first-order valence-electron chi connectivity index (χ1n) is 12.5. The van der Waals surface area contributed by atoms with Gasteiger partial charge in [-0.1, -0.05) is 50.1 Å². The Morgan fingerprint density at radius 3 is 2.24 bits per heavy atom. The number of aromatic nitrogens is 2. The molecular formula is C27H30ClF2N3O. The molecule has 2 aromatic carbocycles. The maximum atomic E-state index is 14.4. The molecule has 1 atom stereocenters. The third-order valence-electron chi connectivity index (χ3n) is 7.47. The van der Waals surface area contributed by atoms with Gasteiger partial charge in [-0.15, -0.1) is 0 Å². The molecule has 5 rings (SSSR count). The number of rotatable bonds is 5. The minimum Gasteiger partial charge on any atom is -0.353 e. The molecule has 0 radical (unpaired) electrons. The number of nitrogens with one attached hydrogen (secondary N) is 1. The topological polar surface area (TPSA) is 46.9 Å². The zero-order chi connectivity index (χ0) is 23.7. The summed E-state index contributed by atoms with van der Waals surface area (Å²) in [6.45, 7) is 0. The van der Waals surface area contributed by atoms with Gasteiger partial charge in [0.25, 0.3) is 0 Å². The van der Waals surface area contributed by atoms with Gasteiger partial charge in [0.2, 0.25) is 5.91 Å². The molecule has 1 amide bonds. The summed E-state index contributed by atoms with van der Waals surface area (Å²) in [5.74, 6) is -2.27. The van der Waals surface area contributed by atoms with Gasteiger partial charge in [-0.3, -0.25) is 4.79 Å². The summed E-state index contributed by atoms with van der Waals surface area (Å²) in [6.07, 6.45) is 10.6. The van der Waals surface area contributed by atoms with Gasteiger partial charge in [0.15, 0.2) is 11.6 Å². The maximum Gasteiger partial charge on any atom is 0.229 e. The second-order valence-electron chi connectivity index (χ2n) is 9.78. The number of hydrogen-bond donors (Lipinski definition) is 1. The molecule has 2 aliphatic carbocycles. The normalized spacial score (nSPS) is 18.8. The predicted octanol–water partition coefficient (Wildman–Crippen LogP) is 7.07. The van der Waals surface area contributed by atoms with Crippen LogP contribution in [0.4, 0.5) is 8.78 Å². The Hall–Kier alpha value is -2.47. The Morgan fingerprint density at radius 1 is 0.941 bits per heavy atom. The first-order valence-corrected chi connectivity index (χ1v) is 12.8. The van der Waals surface area contributed by atoms with Crippen LogP contribution in [0.2, 0.25) is 5.02 Å². The van der Waals surface area contributed by atoms with Gasteiger partial charge in [-0.2, -0.15) is 5.10 Å². The van der Waals surface area contributed by atoms with Crippen molar-refractivity contribution >= 4 is 28.4 Å². The summed E-state index contributed by atoms with van der Waals surface area (Å²) in [5, 5.41) is 9.03. The molecule has 2 saturated carbocycles. The number of halogens is 3. The summed E-state index contributed by atoms with van der Waals surface area (Å²) in [5.41, 5.74) is 1.69. The SMILES string of the molecule is O=C(NC1CCCCC1)C(c1c2cc(F)c(F)cc2nn1-c1ccc(Cl)cc1)C1CCCCC1. The van der Waals surface area contributed by atoms with E-state index in [4.69, 9.17) is 11.6 Å². The molecule has 0 spiro atoms. The number of amides is 1. The van der Waals surface area contributed by atoms with Crippen molar-refractivity contribution in [1.82, 2.24) is 15.1 Å². The lowest BCUT2D eigenvalue weighted by atomic mass is 9.77. The third-order valence-corrected chi connectivity index (χ3v) is 7.72. The number of hydrogen-bond acceptors (Lipinski definition) is 2. The molecule has 34 heavy (non-hydrogen) atoms. The van der Waals surface area contributed by atoms with E-state index in [0.29, 0.717) is 27.3 Å². The van der Waals surface area contributed by atoms with E-state index >= 15 is 0 Å². The van der Waals surface area contributed by atoms with Gasteiger partial charge in [-0.25, -0.2) is 13.5 Å². The second-order valence-corrected chi connectivity index (χ2v) is 10.2. The Kier molecular flexibility index (Phi) is 6.87. The molecule has 4 nitrogen and oxygen atoms in total. The molecule has 1 heterocycles. The van der Waals surface area contributed by atoms with Crippen molar-refractivity contribution in [2.75, 3.05) is 0 Å². The fraction of sp³-hybridized carbons (Fsp3) is 0.481. The van der Waals surface area contributed by atoms with Gasteiger partial charge in [0.1, 0.15) is 0 Å². The lowest BCUT2D eigenvalue weighted by Gasteiger charge is -2.32. The molecule has 2 fully saturated rings. The molecule has 0 aliphatic heterocycles. The molecule has 1 N–H and O–H groups in total. The highest BCUT2D eigenvalue weighted by atomic mass is 35.5. The fourth-order valence-corrected chi connectivity index (χ4v) is 5.87. The van der Waals surface area contributed by atoms with Crippen LogP contribution in [0.1, 0.15) is 75.8 Å². The van der Waals surface area contributed by atoms with Gasteiger partial charge >= 0.3 is 0 Å². The number of carbonyl (C=O) groups excluding carboxylic acids is 1. The van der Waals surface area contributed by atoms with Crippen LogP contribution >= 0.6 is 11.6 Å². The van der Waals surface area contributed by atoms with Crippen LogP contribution in [0.15, 0.2) is 36.4 Å². The highest BCUT2D eigenvalue weighted by molar-refractivity contribution is 6.30. The van der Waals surface area contributed by atoms with Crippen LogP contribution in [0.3, 0.4) is 0 Å². The molecular weight excluding hydrogens is 456 g/mol. The van der Waals surface area contributed by atoms with E-state index in [0.717, 1.165) is 63.9 Å². The van der Waals surface area contributed by atoms with Gasteiger partial charge in [0, 0.05) is 22.5 Å². The summed E-state index contributed by atoms with van der Waals surface area (Å²) in [4.78, 5) is 13.9. The van der Waals surface area contributed by atoms with E-state index in [1.165, 1.54) is 12.5 Å². The molecule has 0 saturated heterocycles. The van der Waals surface area contributed by atoms with Crippen LogP contribution in [-0.2, 0) is 4.79 Å². The van der Waals surface area contributed by atoms with E-state index in [1.54, 1.807) is 16.8 Å². The summed E-state index contributed by atoms with van der Waals surface area (Å²) in [7, 11) is 0. The smallest absolute Gasteiger partial charge is 0.229 e. The minimum atomic E-state index is -0.944. The second kappa shape index (κ2) is 10.0. The van der Waals surface area contributed by atoms with Gasteiger partial charge < -0.3 is 5.32 Å². The van der Waals surface area contributed by atoms with Crippen LogP contribution in [0, 0.1) is 17.6 Å². The Bertz CT molecular complexity index is 1160. The summed E-state index contributed by atoms with van der Waals surface area (Å²) in [6, 6.07) is 9.64. The quantitative estimate of drug-likeness (QED) is 0.420. The minimum absolute atomic E-state index is 0.0273. The standard InChI is InChI=1S/C27H30ClF2N3O/c28-18-11-13-20(14-12-18)33-26(21-15-22(29)23(30)16-24(21)32-33)25(17-7-3-1-4-8-17)27(34)31-19-9-5-2-6-10-19/h11-17,19,25H,1-10H2,(H,31,34). The number of carbonyl (C=O) groups is 1. The monoisotopic (exact) mass is 485 g/mol. The lowest BCUT2D eigenvalue weighted by molar-refractivity contribution is -0.125. The number of benzene rings is 2.